The summed E-state index contributed by atoms with van der Waals surface area (Å²) in [5, 5.41) is 18.5. The number of hydrogen-bond donors (Lipinski definition) is 1. The topological polar surface area (TPSA) is 85.4 Å². The maximum Gasteiger partial charge on any atom is 0.269 e. The first kappa shape index (κ1) is 15.4. The standard InChI is InChI=1S/C15H14BrN5O2/c1-2-13(10-4-3-5-11(8-10)21(22)23)19-15-14-12(16)9-18-20(14)7-6-17-15/h3-9,13H,2H2,1H3,(H,17,19). The first-order valence-electron chi connectivity index (χ1n) is 7.09. The fraction of sp³-hybridized carbons (Fsp3) is 0.200. The number of nitrogens with zero attached hydrogens (tertiary/aromatic N) is 4. The fourth-order valence-corrected chi connectivity index (χ4v) is 2.92. The number of nitrogens with one attached hydrogen (secondary N) is 1. The van der Waals surface area contributed by atoms with Crippen molar-refractivity contribution in [2.45, 2.75) is 19.4 Å². The molecule has 0 amide bonds. The Morgan fingerprint density at radius 3 is 3.04 bits per heavy atom. The highest BCUT2D eigenvalue weighted by Crippen LogP contribution is 2.29. The SMILES string of the molecule is CCC(Nc1nccn2ncc(Br)c12)c1cccc([N+](=O)[O-])c1. The number of non-ortho nitro benzene ring substituents is 1. The van der Waals surface area contributed by atoms with Crippen LogP contribution in [0.1, 0.15) is 24.9 Å². The van der Waals surface area contributed by atoms with E-state index in [0.717, 1.165) is 22.0 Å². The van der Waals surface area contributed by atoms with Crippen LogP contribution in [-0.4, -0.2) is 19.5 Å². The minimum absolute atomic E-state index is 0.0828. The van der Waals surface area contributed by atoms with Gasteiger partial charge in [0.2, 0.25) is 0 Å². The van der Waals surface area contributed by atoms with E-state index >= 15 is 0 Å². The van der Waals surface area contributed by atoms with E-state index < -0.39 is 0 Å². The molecule has 8 heteroatoms. The molecule has 0 spiro atoms. The highest BCUT2D eigenvalue weighted by Gasteiger charge is 2.16. The molecule has 0 saturated heterocycles. The van der Waals surface area contributed by atoms with Crippen LogP contribution < -0.4 is 5.32 Å². The molecule has 1 atom stereocenters. The molecule has 0 saturated carbocycles. The molecule has 1 aromatic carbocycles. The highest BCUT2D eigenvalue weighted by atomic mass is 79.9. The predicted octanol–water partition coefficient (Wildman–Crippen LogP) is 3.96. The summed E-state index contributed by atoms with van der Waals surface area (Å²) in [5.41, 5.74) is 1.76. The third-order valence-electron chi connectivity index (χ3n) is 3.59. The number of nitro groups is 1. The molecule has 7 nitrogen and oxygen atoms in total. The van der Waals surface area contributed by atoms with Gasteiger partial charge in [0, 0.05) is 24.5 Å². The summed E-state index contributed by atoms with van der Waals surface area (Å²) in [6.07, 6.45) is 5.89. The van der Waals surface area contributed by atoms with Crippen LogP contribution in [-0.2, 0) is 0 Å². The van der Waals surface area contributed by atoms with Gasteiger partial charge in [-0.05, 0) is 27.9 Å². The van der Waals surface area contributed by atoms with E-state index in [-0.39, 0.29) is 16.7 Å². The summed E-state index contributed by atoms with van der Waals surface area (Å²) < 4.78 is 2.56. The Morgan fingerprint density at radius 1 is 1.48 bits per heavy atom. The van der Waals surface area contributed by atoms with E-state index in [2.05, 4.69) is 31.3 Å². The van der Waals surface area contributed by atoms with Crippen molar-refractivity contribution in [3.05, 3.63) is 63.0 Å². The van der Waals surface area contributed by atoms with Crippen molar-refractivity contribution in [1.29, 1.82) is 0 Å². The Morgan fingerprint density at radius 2 is 2.30 bits per heavy atom. The average molecular weight is 376 g/mol. The van der Waals surface area contributed by atoms with Gasteiger partial charge in [0.1, 0.15) is 5.52 Å². The van der Waals surface area contributed by atoms with Gasteiger partial charge in [0.15, 0.2) is 5.82 Å². The summed E-state index contributed by atoms with van der Waals surface area (Å²) in [7, 11) is 0. The number of hydrogen-bond acceptors (Lipinski definition) is 5. The monoisotopic (exact) mass is 375 g/mol. The molecule has 0 aliphatic carbocycles. The Balaban J connectivity index is 1.97. The number of benzene rings is 1. The van der Waals surface area contributed by atoms with Crippen molar-refractivity contribution < 1.29 is 4.92 Å². The Bertz CT molecular complexity index is 864. The smallest absolute Gasteiger partial charge is 0.269 e. The van der Waals surface area contributed by atoms with E-state index in [1.165, 1.54) is 6.07 Å². The molecule has 0 bridgehead atoms. The zero-order chi connectivity index (χ0) is 16.4. The van der Waals surface area contributed by atoms with Crippen molar-refractivity contribution in [3.63, 3.8) is 0 Å². The van der Waals surface area contributed by atoms with Gasteiger partial charge in [-0.2, -0.15) is 5.10 Å². The first-order chi connectivity index (χ1) is 11.1. The van der Waals surface area contributed by atoms with Crippen LogP contribution >= 0.6 is 15.9 Å². The summed E-state index contributed by atoms with van der Waals surface area (Å²) >= 11 is 3.46. The quantitative estimate of drug-likeness (QED) is 0.538. The maximum absolute atomic E-state index is 11.0. The number of halogens is 1. The lowest BCUT2D eigenvalue weighted by Gasteiger charge is -2.18. The molecule has 3 rings (SSSR count). The molecule has 0 radical (unpaired) electrons. The first-order valence-corrected chi connectivity index (χ1v) is 7.88. The van der Waals surface area contributed by atoms with Gasteiger partial charge in [-0.25, -0.2) is 9.50 Å². The number of fused-ring (bicyclic) bond motifs is 1. The highest BCUT2D eigenvalue weighted by molar-refractivity contribution is 9.10. The second kappa shape index (κ2) is 6.33. The van der Waals surface area contributed by atoms with Gasteiger partial charge in [-0.15, -0.1) is 0 Å². The minimum atomic E-state index is -0.386. The second-order valence-corrected chi connectivity index (χ2v) is 5.87. The summed E-state index contributed by atoms with van der Waals surface area (Å²) in [5.74, 6) is 0.676. The van der Waals surface area contributed by atoms with Gasteiger partial charge in [-0.1, -0.05) is 19.1 Å². The van der Waals surface area contributed by atoms with Crippen molar-refractivity contribution in [2.75, 3.05) is 5.32 Å². The fourth-order valence-electron chi connectivity index (χ4n) is 2.45. The third kappa shape index (κ3) is 3.02. The molecule has 1 N–H and O–H groups in total. The maximum atomic E-state index is 11.0. The number of nitro benzene ring substituents is 1. The Hall–Kier alpha value is -2.48. The van der Waals surface area contributed by atoms with Crippen LogP contribution in [0.3, 0.4) is 0 Å². The van der Waals surface area contributed by atoms with Crippen molar-refractivity contribution in [2.24, 2.45) is 0 Å². The van der Waals surface area contributed by atoms with Gasteiger partial charge in [0.05, 0.1) is 21.6 Å². The molecule has 0 aliphatic rings. The molecule has 118 valence electrons. The lowest BCUT2D eigenvalue weighted by atomic mass is 10.0. The van der Waals surface area contributed by atoms with Gasteiger partial charge >= 0.3 is 0 Å². The molecule has 3 aromatic rings. The molecule has 23 heavy (non-hydrogen) atoms. The van der Waals surface area contributed by atoms with Gasteiger partial charge in [0.25, 0.3) is 5.69 Å². The van der Waals surface area contributed by atoms with Crippen molar-refractivity contribution in [1.82, 2.24) is 14.6 Å². The predicted molar refractivity (Wildman–Crippen MR) is 90.4 cm³/mol. The third-order valence-corrected chi connectivity index (χ3v) is 4.17. The molecular formula is C15H14BrN5O2. The van der Waals surface area contributed by atoms with E-state index in [1.54, 1.807) is 35.2 Å². The summed E-state index contributed by atoms with van der Waals surface area (Å²) in [4.78, 5) is 15.0. The van der Waals surface area contributed by atoms with Crippen molar-refractivity contribution >= 4 is 33.0 Å². The normalized spacial score (nSPS) is 12.3. The minimum Gasteiger partial charge on any atom is -0.361 e. The van der Waals surface area contributed by atoms with Gasteiger partial charge < -0.3 is 5.32 Å². The molecule has 0 aliphatic heterocycles. The van der Waals surface area contributed by atoms with Crippen molar-refractivity contribution in [3.8, 4) is 0 Å². The van der Waals surface area contributed by atoms with E-state index in [1.807, 2.05) is 13.0 Å². The zero-order valence-electron chi connectivity index (χ0n) is 12.3. The van der Waals surface area contributed by atoms with E-state index in [0.29, 0.717) is 5.82 Å². The van der Waals surface area contributed by atoms with Crippen LogP contribution in [0.5, 0.6) is 0 Å². The van der Waals surface area contributed by atoms with Crippen LogP contribution in [0.2, 0.25) is 0 Å². The average Bonchev–Trinajstić information content (AvgIpc) is 2.95. The summed E-state index contributed by atoms with van der Waals surface area (Å²) in [6, 6.07) is 6.56. The van der Waals surface area contributed by atoms with Crippen LogP contribution in [0.15, 0.2) is 47.3 Å². The summed E-state index contributed by atoms with van der Waals surface area (Å²) in [6.45, 7) is 2.02. The van der Waals surface area contributed by atoms with Crippen LogP contribution in [0.4, 0.5) is 11.5 Å². The van der Waals surface area contributed by atoms with Crippen LogP contribution in [0, 0.1) is 10.1 Å². The number of rotatable bonds is 5. The lowest BCUT2D eigenvalue weighted by Crippen LogP contribution is -2.12. The van der Waals surface area contributed by atoms with E-state index in [4.69, 9.17) is 0 Å². The molecule has 0 fully saturated rings. The van der Waals surface area contributed by atoms with Crippen LogP contribution in [0.25, 0.3) is 5.52 Å². The zero-order valence-corrected chi connectivity index (χ0v) is 13.9. The van der Waals surface area contributed by atoms with Gasteiger partial charge in [-0.3, -0.25) is 10.1 Å². The number of anilines is 1. The Kier molecular flexibility index (Phi) is 4.24. The molecule has 2 aromatic heterocycles. The second-order valence-electron chi connectivity index (χ2n) is 5.02. The Labute approximate surface area is 140 Å². The molecule has 2 heterocycles. The molecule has 1 unspecified atom stereocenters. The largest absolute Gasteiger partial charge is 0.361 e. The molecular weight excluding hydrogens is 362 g/mol. The number of aromatic nitrogens is 3. The lowest BCUT2D eigenvalue weighted by molar-refractivity contribution is -0.384. The van der Waals surface area contributed by atoms with E-state index in [9.17, 15) is 10.1 Å².